The zero-order valence-electron chi connectivity index (χ0n) is 6.02. The van der Waals surface area contributed by atoms with Crippen LogP contribution in [-0.2, 0) is 10.1 Å². The molecule has 0 saturated carbocycles. The van der Waals surface area contributed by atoms with Crippen molar-refractivity contribution in [1.82, 2.24) is 9.97 Å². The van der Waals surface area contributed by atoms with Crippen LogP contribution < -0.4 is 0 Å². The quantitative estimate of drug-likeness (QED) is 0.467. The van der Waals surface area contributed by atoms with Gasteiger partial charge < -0.3 is 0 Å². The molecule has 0 fully saturated rings. The normalized spacial score (nSPS) is 11.6. The number of halogens is 1. The van der Waals surface area contributed by atoms with Crippen LogP contribution in [0.2, 0.25) is 0 Å². The maximum Gasteiger partial charge on any atom is 0.298 e. The predicted octanol–water partition coefficient (Wildman–Crippen LogP) is 0.636. The summed E-state index contributed by atoms with van der Waals surface area (Å²) in [5.74, 6) is 0.465. The first-order valence-corrected chi connectivity index (χ1v) is 5.40. The van der Waals surface area contributed by atoms with E-state index >= 15 is 0 Å². The van der Waals surface area contributed by atoms with Gasteiger partial charge in [0.25, 0.3) is 10.1 Å². The summed E-state index contributed by atoms with van der Waals surface area (Å²) in [4.78, 5) is 7.17. The van der Waals surface area contributed by atoms with Gasteiger partial charge in [-0.15, -0.1) is 0 Å². The smallest absolute Gasteiger partial charge is 0.282 e. The van der Waals surface area contributed by atoms with Crippen LogP contribution in [0.4, 0.5) is 0 Å². The van der Waals surface area contributed by atoms with E-state index in [0.717, 1.165) is 6.20 Å². The van der Waals surface area contributed by atoms with Crippen molar-refractivity contribution in [2.45, 2.75) is 11.8 Å². The van der Waals surface area contributed by atoms with Crippen molar-refractivity contribution in [3.63, 3.8) is 0 Å². The van der Waals surface area contributed by atoms with E-state index in [1.54, 1.807) is 29.5 Å². The molecule has 0 unspecified atom stereocenters. The Bertz CT molecular complexity index is 403. The minimum atomic E-state index is -4.18. The summed E-state index contributed by atoms with van der Waals surface area (Å²) in [5.41, 5.74) is 0. The van der Waals surface area contributed by atoms with Crippen molar-refractivity contribution >= 4 is 32.7 Å². The Kier molecular flexibility index (Phi) is 2.64. The fraction of sp³-hybridized carbons (Fsp3) is 0.200. The molecule has 7 heteroatoms. The Morgan fingerprint density at radius 2 is 2.17 bits per heavy atom. The molecule has 0 aliphatic heterocycles. The molecule has 0 aliphatic rings. The highest BCUT2D eigenvalue weighted by Crippen LogP contribution is 2.13. The maximum atomic E-state index is 10.6. The fourth-order valence-corrected chi connectivity index (χ4v) is 2.37. The first-order chi connectivity index (χ1) is 5.41. The van der Waals surface area contributed by atoms with E-state index in [0.29, 0.717) is 5.82 Å². The lowest BCUT2D eigenvalue weighted by molar-refractivity contribution is 0.481. The van der Waals surface area contributed by atoms with Crippen LogP contribution in [0.3, 0.4) is 0 Å². The molecule has 0 saturated heterocycles. The van der Waals surface area contributed by atoms with Crippen molar-refractivity contribution in [1.29, 1.82) is 0 Å². The van der Waals surface area contributed by atoms with Crippen LogP contribution in [0.5, 0.6) is 0 Å². The fourth-order valence-electron chi connectivity index (χ4n) is 0.604. The largest absolute Gasteiger partial charge is 0.298 e. The molecule has 0 amide bonds. The summed E-state index contributed by atoms with van der Waals surface area (Å²) >= 11 is 1.72. The van der Waals surface area contributed by atoms with Crippen LogP contribution >= 0.6 is 22.6 Å². The van der Waals surface area contributed by atoms with E-state index in [1.807, 2.05) is 0 Å². The summed E-state index contributed by atoms with van der Waals surface area (Å²) in [6.07, 6.45) is 1.08. The first-order valence-electron chi connectivity index (χ1n) is 2.88. The maximum absolute atomic E-state index is 10.6. The van der Waals surface area contributed by atoms with Crippen molar-refractivity contribution in [3.8, 4) is 0 Å². The highest BCUT2D eigenvalue weighted by Gasteiger charge is 2.15. The second kappa shape index (κ2) is 3.23. The van der Waals surface area contributed by atoms with E-state index in [2.05, 4.69) is 9.97 Å². The molecule has 1 rings (SSSR count). The van der Waals surface area contributed by atoms with Crippen LogP contribution in [0.1, 0.15) is 5.82 Å². The lowest BCUT2D eigenvalue weighted by Gasteiger charge is -1.98. The topological polar surface area (TPSA) is 80.2 Å². The zero-order valence-corrected chi connectivity index (χ0v) is 9.00. The molecule has 66 valence electrons. The standard InChI is InChI=1S/C5H5IN2O3S/c1-3-7-2-4(5(6)8-3)12(9,10)11/h2H,1H3,(H,9,10,11). The van der Waals surface area contributed by atoms with Crippen LogP contribution in [-0.4, -0.2) is 22.9 Å². The van der Waals surface area contributed by atoms with Gasteiger partial charge in [-0.05, 0) is 29.5 Å². The van der Waals surface area contributed by atoms with E-state index < -0.39 is 10.1 Å². The van der Waals surface area contributed by atoms with Gasteiger partial charge in [0.2, 0.25) is 0 Å². The molecule has 1 N–H and O–H groups in total. The first kappa shape index (κ1) is 9.81. The molecule has 1 aromatic heterocycles. The molecule has 0 aliphatic carbocycles. The minimum Gasteiger partial charge on any atom is -0.282 e. The van der Waals surface area contributed by atoms with E-state index in [1.165, 1.54) is 0 Å². The molecule has 1 aromatic rings. The minimum absolute atomic E-state index is 0.225. The summed E-state index contributed by atoms with van der Waals surface area (Å²) in [7, 11) is -4.18. The molecule has 0 radical (unpaired) electrons. The number of hydrogen-bond donors (Lipinski definition) is 1. The zero-order chi connectivity index (χ0) is 9.35. The molecule has 12 heavy (non-hydrogen) atoms. The number of nitrogens with zero attached hydrogens (tertiary/aromatic N) is 2. The third-order valence-electron chi connectivity index (χ3n) is 1.11. The van der Waals surface area contributed by atoms with Crippen LogP contribution in [0.25, 0.3) is 0 Å². The lowest BCUT2D eigenvalue weighted by atomic mass is 10.6. The van der Waals surface area contributed by atoms with Crippen LogP contribution in [0, 0.1) is 10.6 Å². The Morgan fingerprint density at radius 3 is 2.58 bits per heavy atom. The third-order valence-corrected chi connectivity index (χ3v) is 3.15. The lowest BCUT2D eigenvalue weighted by Crippen LogP contribution is -2.04. The Morgan fingerprint density at radius 1 is 1.58 bits per heavy atom. The Hall–Kier alpha value is -0.280. The Balaban J connectivity index is 3.39. The Labute approximate surface area is 83.1 Å². The monoisotopic (exact) mass is 300 g/mol. The van der Waals surface area contributed by atoms with Gasteiger partial charge in [-0.25, -0.2) is 9.97 Å². The van der Waals surface area contributed by atoms with E-state index in [9.17, 15) is 8.42 Å². The average Bonchev–Trinajstić information content (AvgIpc) is 1.83. The van der Waals surface area contributed by atoms with Gasteiger partial charge in [-0.2, -0.15) is 8.42 Å². The van der Waals surface area contributed by atoms with Crippen LogP contribution in [0.15, 0.2) is 11.1 Å². The van der Waals surface area contributed by atoms with Gasteiger partial charge in [0.05, 0.1) is 6.20 Å². The SMILES string of the molecule is Cc1ncc(S(=O)(=O)O)c(I)n1. The highest BCUT2D eigenvalue weighted by molar-refractivity contribution is 14.1. The van der Waals surface area contributed by atoms with E-state index in [-0.39, 0.29) is 8.60 Å². The average molecular weight is 300 g/mol. The summed E-state index contributed by atoms with van der Waals surface area (Å²) in [6.45, 7) is 1.63. The second-order valence-electron chi connectivity index (χ2n) is 2.05. The van der Waals surface area contributed by atoms with Crippen molar-refractivity contribution in [2.24, 2.45) is 0 Å². The molecule has 0 aromatic carbocycles. The van der Waals surface area contributed by atoms with Crippen molar-refractivity contribution < 1.29 is 13.0 Å². The van der Waals surface area contributed by atoms with Crippen molar-refractivity contribution in [2.75, 3.05) is 0 Å². The summed E-state index contributed by atoms with van der Waals surface area (Å²) in [5, 5.41) is 0. The van der Waals surface area contributed by atoms with Crippen molar-refractivity contribution in [3.05, 3.63) is 15.7 Å². The van der Waals surface area contributed by atoms with Gasteiger partial charge in [-0.3, -0.25) is 4.55 Å². The molecule has 1 heterocycles. The van der Waals surface area contributed by atoms with E-state index in [4.69, 9.17) is 4.55 Å². The number of hydrogen-bond acceptors (Lipinski definition) is 4. The predicted molar refractivity (Wildman–Crippen MR) is 49.3 cm³/mol. The highest BCUT2D eigenvalue weighted by atomic mass is 127. The molecule has 5 nitrogen and oxygen atoms in total. The van der Waals surface area contributed by atoms with Gasteiger partial charge in [0, 0.05) is 0 Å². The molecular weight excluding hydrogens is 295 g/mol. The number of aryl methyl sites for hydroxylation is 1. The van der Waals surface area contributed by atoms with Gasteiger partial charge in [0.1, 0.15) is 14.4 Å². The molecule has 0 spiro atoms. The second-order valence-corrected chi connectivity index (χ2v) is 4.46. The molecule has 0 bridgehead atoms. The molecular formula is C5H5IN2O3S. The number of rotatable bonds is 1. The summed E-state index contributed by atoms with van der Waals surface area (Å²) < 4.78 is 30.1. The summed E-state index contributed by atoms with van der Waals surface area (Å²) in [6, 6.07) is 0. The van der Waals surface area contributed by atoms with Gasteiger partial charge >= 0.3 is 0 Å². The number of aromatic nitrogens is 2. The molecule has 0 atom stereocenters. The van der Waals surface area contributed by atoms with Gasteiger partial charge in [0.15, 0.2) is 0 Å². The third kappa shape index (κ3) is 2.11. The van der Waals surface area contributed by atoms with Gasteiger partial charge in [-0.1, -0.05) is 0 Å².